The Bertz CT molecular complexity index is 1230. The Hall–Kier alpha value is -3.22. The quantitative estimate of drug-likeness (QED) is 0.281. The smallest absolute Gasteiger partial charge is 0.269 e. The molecule has 2 aromatic rings. The first kappa shape index (κ1) is 33.7. The molecule has 240 valence electrons. The maximum Gasteiger partial charge on any atom is 0.269 e. The van der Waals surface area contributed by atoms with Crippen LogP contribution < -0.4 is 10.6 Å². The maximum atomic E-state index is 14.1. The van der Waals surface area contributed by atoms with Crippen LogP contribution in [0, 0.1) is 23.7 Å². The van der Waals surface area contributed by atoms with Crippen molar-refractivity contribution in [1.82, 2.24) is 15.2 Å². The van der Waals surface area contributed by atoms with Gasteiger partial charge in [0.1, 0.15) is 11.5 Å². The van der Waals surface area contributed by atoms with Gasteiger partial charge in [-0.25, -0.2) is 4.98 Å². The minimum Gasteiger partial charge on any atom is -0.354 e. The predicted molar refractivity (Wildman–Crippen MR) is 177 cm³/mol. The summed E-state index contributed by atoms with van der Waals surface area (Å²) in [6, 6.07) is 16.0. The zero-order chi connectivity index (χ0) is 31.5. The molecule has 4 atom stereocenters. The molecule has 2 aliphatic rings. The van der Waals surface area contributed by atoms with E-state index in [1.807, 2.05) is 0 Å². The molecular weight excluding hydrogens is 548 g/mol. The van der Waals surface area contributed by atoms with E-state index in [4.69, 9.17) is 0 Å². The van der Waals surface area contributed by atoms with E-state index in [2.05, 4.69) is 66.7 Å². The molecule has 1 aliphatic heterocycles. The molecule has 1 aliphatic carbocycles. The van der Waals surface area contributed by atoms with E-state index in [9.17, 15) is 14.4 Å². The highest BCUT2D eigenvalue weighted by Crippen LogP contribution is 2.44. The largest absolute Gasteiger partial charge is 0.354 e. The van der Waals surface area contributed by atoms with E-state index in [1.54, 1.807) is 30.1 Å². The Kier molecular flexibility index (Phi) is 12.4. The van der Waals surface area contributed by atoms with Gasteiger partial charge in [0.15, 0.2) is 0 Å². The normalized spacial score (nSPS) is 24.1. The Balaban J connectivity index is 1.58. The first-order valence-corrected chi connectivity index (χ1v) is 17.1. The summed E-state index contributed by atoms with van der Waals surface area (Å²) >= 11 is 0. The van der Waals surface area contributed by atoms with Crippen molar-refractivity contribution in [2.24, 2.45) is 23.7 Å². The Morgan fingerprint density at radius 2 is 1.77 bits per heavy atom. The lowest BCUT2D eigenvalue weighted by Crippen LogP contribution is -2.43. The summed E-state index contributed by atoms with van der Waals surface area (Å²) in [5.41, 5.74) is 1.72. The van der Waals surface area contributed by atoms with Crippen LogP contribution in [0.15, 0.2) is 48.5 Å². The molecule has 3 unspecified atom stereocenters. The van der Waals surface area contributed by atoms with Crippen LogP contribution in [-0.4, -0.2) is 47.7 Å². The molecule has 0 bridgehead atoms. The summed E-state index contributed by atoms with van der Waals surface area (Å²) in [4.78, 5) is 45.6. The lowest BCUT2D eigenvalue weighted by Gasteiger charge is -2.38. The third-order valence-corrected chi connectivity index (χ3v) is 10.3. The van der Waals surface area contributed by atoms with Gasteiger partial charge in [0.25, 0.3) is 5.91 Å². The van der Waals surface area contributed by atoms with E-state index in [-0.39, 0.29) is 41.3 Å². The summed E-state index contributed by atoms with van der Waals surface area (Å²) in [5, 5.41) is 5.40. The SMILES string of the molecule is CCCC(C)C[C@]1(c2ccccc2)CCCC(CC2CCC2)C(C)C(=O)N(CC(=O)Nc2cccc(C(=O)NC)n2)CCC1. The molecule has 2 N–H and O–H groups in total. The zero-order valence-electron chi connectivity index (χ0n) is 27.4. The van der Waals surface area contributed by atoms with Crippen LogP contribution >= 0.6 is 0 Å². The van der Waals surface area contributed by atoms with Crippen molar-refractivity contribution < 1.29 is 14.4 Å². The fourth-order valence-corrected chi connectivity index (χ4v) is 7.70. The molecule has 2 heterocycles. The number of carbonyl (C=O) groups excluding carboxylic acids is 3. The molecule has 4 rings (SSSR count). The zero-order valence-corrected chi connectivity index (χ0v) is 27.4. The molecule has 0 spiro atoms. The molecule has 1 aromatic heterocycles. The molecule has 1 saturated heterocycles. The Morgan fingerprint density at radius 3 is 2.45 bits per heavy atom. The van der Waals surface area contributed by atoms with E-state index in [0.29, 0.717) is 24.2 Å². The number of nitrogens with one attached hydrogen (secondary N) is 2. The summed E-state index contributed by atoms with van der Waals surface area (Å²) < 4.78 is 0. The lowest BCUT2D eigenvalue weighted by molar-refractivity contribution is -0.140. The number of rotatable bonds is 11. The highest BCUT2D eigenvalue weighted by atomic mass is 16.2. The fourth-order valence-electron chi connectivity index (χ4n) is 7.70. The van der Waals surface area contributed by atoms with Crippen molar-refractivity contribution in [1.29, 1.82) is 0 Å². The van der Waals surface area contributed by atoms with Crippen molar-refractivity contribution in [3.8, 4) is 0 Å². The van der Waals surface area contributed by atoms with Gasteiger partial charge in [-0.3, -0.25) is 14.4 Å². The van der Waals surface area contributed by atoms with Gasteiger partial charge in [0.05, 0.1) is 6.54 Å². The van der Waals surface area contributed by atoms with Crippen molar-refractivity contribution in [3.63, 3.8) is 0 Å². The standard InChI is InChI=1S/C37H54N4O3/c1-5-13-27(2)25-37(31-17-7-6-8-18-31)21-11-16-30(24-29-14-9-15-29)28(3)36(44)41(23-12-22-37)26-34(42)40-33-20-10-19-32(39-33)35(43)38-4/h6-8,10,17-20,27-30H,5,9,11-16,21-26H2,1-4H3,(H,38,43)(H,39,40,42)/t27?,28?,30?,37-/m0/s1. The molecule has 3 amide bonds. The molecule has 7 heteroatoms. The van der Waals surface area contributed by atoms with Gasteiger partial charge in [-0.1, -0.05) is 95.7 Å². The molecular formula is C37H54N4O3. The molecule has 7 nitrogen and oxygen atoms in total. The van der Waals surface area contributed by atoms with Gasteiger partial charge in [-0.05, 0) is 79.4 Å². The first-order valence-electron chi connectivity index (χ1n) is 17.1. The minimum atomic E-state index is -0.315. The Morgan fingerprint density at radius 1 is 1.02 bits per heavy atom. The number of benzene rings is 1. The van der Waals surface area contributed by atoms with E-state index >= 15 is 0 Å². The first-order chi connectivity index (χ1) is 21.2. The van der Waals surface area contributed by atoms with Gasteiger partial charge in [-0.15, -0.1) is 0 Å². The van der Waals surface area contributed by atoms with Gasteiger partial charge in [0, 0.05) is 19.5 Å². The number of hydrogen-bond acceptors (Lipinski definition) is 4. The number of nitrogens with zero attached hydrogens (tertiary/aromatic N) is 2. The van der Waals surface area contributed by atoms with Crippen molar-refractivity contribution >= 4 is 23.5 Å². The molecule has 1 aromatic carbocycles. The third-order valence-electron chi connectivity index (χ3n) is 10.3. The van der Waals surface area contributed by atoms with Crippen LogP contribution in [0.2, 0.25) is 0 Å². The maximum absolute atomic E-state index is 14.1. The summed E-state index contributed by atoms with van der Waals surface area (Å²) in [6.45, 7) is 7.30. The van der Waals surface area contributed by atoms with Gasteiger partial charge in [0.2, 0.25) is 11.8 Å². The van der Waals surface area contributed by atoms with Crippen LogP contribution in [0.3, 0.4) is 0 Å². The van der Waals surface area contributed by atoms with Gasteiger partial charge < -0.3 is 15.5 Å². The average molecular weight is 603 g/mol. The highest BCUT2D eigenvalue weighted by Gasteiger charge is 2.37. The summed E-state index contributed by atoms with van der Waals surface area (Å²) in [7, 11) is 1.55. The van der Waals surface area contributed by atoms with Crippen LogP contribution in [0.1, 0.15) is 114 Å². The van der Waals surface area contributed by atoms with E-state index in [1.165, 1.54) is 37.7 Å². The van der Waals surface area contributed by atoms with Crippen LogP contribution in [-0.2, 0) is 15.0 Å². The number of anilines is 1. The Labute approximate surface area is 265 Å². The number of hydrogen-bond donors (Lipinski definition) is 2. The van der Waals surface area contributed by atoms with Crippen LogP contribution in [0.25, 0.3) is 0 Å². The molecule has 44 heavy (non-hydrogen) atoms. The van der Waals surface area contributed by atoms with Gasteiger partial charge in [-0.2, -0.15) is 0 Å². The topological polar surface area (TPSA) is 91.4 Å². The van der Waals surface area contributed by atoms with Crippen molar-refractivity contribution in [3.05, 3.63) is 59.8 Å². The third kappa shape index (κ3) is 8.92. The second kappa shape index (κ2) is 16.2. The summed E-state index contributed by atoms with van der Waals surface area (Å²) in [5.74, 6) is 1.34. The summed E-state index contributed by atoms with van der Waals surface area (Å²) in [6.07, 6.45) is 13.7. The highest BCUT2D eigenvalue weighted by molar-refractivity contribution is 5.96. The van der Waals surface area contributed by atoms with Crippen LogP contribution in [0.5, 0.6) is 0 Å². The average Bonchev–Trinajstić information content (AvgIpc) is 3.02. The second-order valence-electron chi connectivity index (χ2n) is 13.6. The van der Waals surface area contributed by atoms with E-state index in [0.717, 1.165) is 50.9 Å². The monoisotopic (exact) mass is 602 g/mol. The lowest BCUT2D eigenvalue weighted by atomic mass is 9.66. The molecule has 0 radical (unpaired) electrons. The predicted octanol–water partition coefficient (Wildman–Crippen LogP) is 7.38. The van der Waals surface area contributed by atoms with Crippen molar-refractivity contribution in [2.45, 2.75) is 103 Å². The molecule has 1 saturated carbocycles. The minimum absolute atomic E-state index is 0.0181. The number of amides is 3. The number of aromatic nitrogens is 1. The molecule has 2 fully saturated rings. The van der Waals surface area contributed by atoms with Crippen LogP contribution in [0.4, 0.5) is 5.82 Å². The number of pyridine rings is 1. The van der Waals surface area contributed by atoms with Gasteiger partial charge >= 0.3 is 0 Å². The second-order valence-corrected chi connectivity index (χ2v) is 13.6. The fraction of sp³-hybridized carbons (Fsp3) is 0.622. The van der Waals surface area contributed by atoms with Crippen molar-refractivity contribution in [2.75, 3.05) is 25.5 Å². The van der Waals surface area contributed by atoms with E-state index < -0.39 is 0 Å². The number of carbonyl (C=O) groups is 3.